The van der Waals surface area contributed by atoms with Gasteiger partial charge in [0.25, 0.3) is 5.69 Å². The van der Waals surface area contributed by atoms with Crippen LogP contribution in [0.5, 0.6) is 5.75 Å². The average Bonchev–Trinajstić information content (AvgIpc) is 2.83. The highest BCUT2D eigenvalue weighted by Crippen LogP contribution is 2.41. The molecule has 2 aromatic carbocycles. The predicted molar refractivity (Wildman–Crippen MR) is 123 cm³/mol. The van der Waals surface area contributed by atoms with E-state index in [1.54, 1.807) is 42.6 Å². The summed E-state index contributed by atoms with van der Waals surface area (Å²) in [5.41, 5.74) is 14.2. The number of non-ortho nitro benzene ring substituents is 1. The Morgan fingerprint density at radius 3 is 2.65 bits per heavy atom. The van der Waals surface area contributed by atoms with Crippen LogP contribution < -0.4 is 26.8 Å². The fourth-order valence-electron chi connectivity index (χ4n) is 3.48. The molecule has 1 aliphatic rings. The van der Waals surface area contributed by atoms with Crippen molar-refractivity contribution in [3.05, 3.63) is 80.9 Å². The van der Waals surface area contributed by atoms with E-state index in [0.29, 0.717) is 16.9 Å². The summed E-state index contributed by atoms with van der Waals surface area (Å²) >= 11 is 0. The van der Waals surface area contributed by atoms with Gasteiger partial charge in [-0.3, -0.25) is 15.4 Å². The number of fused-ring (bicyclic) bond motifs is 1. The number of rotatable bonds is 5. The fourth-order valence-corrected chi connectivity index (χ4v) is 3.48. The van der Waals surface area contributed by atoms with E-state index >= 15 is 0 Å². The Kier molecular flexibility index (Phi) is 5.80. The van der Waals surface area contributed by atoms with E-state index in [9.17, 15) is 15.4 Å². The van der Waals surface area contributed by atoms with Crippen molar-refractivity contribution in [1.29, 1.82) is 10.5 Å². The van der Waals surface area contributed by atoms with Crippen LogP contribution in [0.2, 0.25) is 0 Å². The number of ether oxygens (including phenoxy) is 1. The molecule has 2 heterocycles. The Morgan fingerprint density at radius 2 is 1.97 bits per heavy atom. The standard InChI is InChI=1S/C22H17N9O3/c23-9-16-18(25)17-19(28-22(27-11-24)30-21(17)29-20(16)26)13-2-1-3-15(8-13)34-10-12-4-6-14(7-5-12)31(32)33/h1-8,19H,10H2,(H6,25,26,27,28,29,30). The molecule has 1 atom stereocenters. The molecule has 0 saturated carbocycles. The normalized spacial score (nSPS) is 13.9. The van der Waals surface area contributed by atoms with E-state index < -0.39 is 11.0 Å². The van der Waals surface area contributed by atoms with Crippen LogP contribution in [0, 0.1) is 32.9 Å². The first kappa shape index (κ1) is 21.9. The van der Waals surface area contributed by atoms with Gasteiger partial charge in [0.05, 0.1) is 10.6 Å². The zero-order valence-corrected chi connectivity index (χ0v) is 17.5. The number of pyridine rings is 1. The lowest BCUT2D eigenvalue weighted by atomic mass is 9.95. The highest BCUT2D eigenvalue weighted by Gasteiger charge is 2.29. The van der Waals surface area contributed by atoms with Crippen LogP contribution in [0.25, 0.3) is 0 Å². The molecule has 4 rings (SSSR count). The van der Waals surface area contributed by atoms with Crippen molar-refractivity contribution < 1.29 is 9.66 Å². The Morgan fingerprint density at radius 1 is 1.21 bits per heavy atom. The lowest BCUT2D eigenvalue weighted by Crippen LogP contribution is -2.32. The number of hydrogen-bond donors (Lipinski definition) is 4. The van der Waals surface area contributed by atoms with Gasteiger partial charge in [0.1, 0.15) is 41.7 Å². The van der Waals surface area contributed by atoms with Gasteiger partial charge in [-0.1, -0.05) is 12.1 Å². The van der Waals surface area contributed by atoms with Crippen LogP contribution in [0.3, 0.4) is 0 Å². The molecule has 34 heavy (non-hydrogen) atoms. The Balaban J connectivity index is 1.66. The molecule has 1 aliphatic heterocycles. The van der Waals surface area contributed by atoms with Crippen LogP contribution in [0.15, 0.2) is 53.5 Å². The molecule has 1 unspecified atom stereocenters. The Hall–Kier alpha value is -5.36. The first-order chi connectivity index (χ1) is 16.4. The lowest BCUT2D eigenvalue weighted by molar-refractivity contribution is -0.384. The molecule has 0 amide bonds. The third-order valence-corrected chi connectivity index (χ3v) is 5.08. The minimum absolute atomic E-state index is 0.00135. The molecule has 0 radical (unpaired) electrons. The number of nitriles is 2. The van der Waals surface area contributed by atoms with Crippen molar-refractivity contribution >= 4 is 29.0 Å². The Labute approximate surface area is 193 Å². The largest absolute Gasteiger partial charge is 0.489 e. The third-order valence-electron chi connectivity index (χ3n) is 5.08. The van der Waals surface area contributed by atoms with Crippen LogP contribution >= 0.6 is 0 Å². The molecule has 12 nitrogen and oxygen atoms in total. The summed E-state index contributed by atoms with van der Waals surface area (Å²) in [5, 5.41) is 34.6. The highest BCUT2D eigenvalue weighted by molar-refractivity contribution is 5.98. The maximum absolute atomic E-state index is 10.8. The van der Waals surface area contributed by atoms with E-state index in [1.165, 1.54) is 12.1 Å². The summed E-state index contributed by atoms with van der Waals surface area (Å²) in [5.74, 6) is 0.906. The topological polar surface area (TPSA) is 201 Å². The van der Waals surface area contributed by atoms with E-state index in [4.69, 9.17) is 21.5 Å². The van der Waals surface area contributed by atoms with E-state index in [0.717, 1.165) is 5.56 Å². The summed E-state index contributed by atoms with van der Waals surface area (Å²) in [6.07, 6.45) is 1.80. The molecule has 0 saturated heterocycles. The molecule has 12 heteroatoms. The number of nitrogens with two attached hydrogens (primary N) is 2. The van der Waals surface area contributed by atoms with Crippen molar-refractivity contribution in [3.63, 3.8) is 0 Å². The zero-order chi connectivity index (χ0) is 24.2. The molecule has 0 spiro atoms. The first-order valence-electron chi connectivity index (χ1n) is 9.86. The molecule has 0 fully saturated rings. The van der Waals surface area contributed by atoms with Gasteiger partial charge in [-0.25, -0.2) is 9.98 Å². The van der Waals surface area contributed by atoms with Crippen molar-refractivity contribution in [1.82, 2.24) is 10.3 Å². The number of aliphatic imine (C=N–C) groups is 1. The van der Waals surface area contributed by atoms with Crippen LogP contribution in [-0.2, 0) is 6.61 Å². The number of nitrogens with one attached hydrogen (secondary N) is 2. The number of anilines is 3. The molecule has 1 aromatic heterocycles. The SMILES string of the molecule is N#CNC1=NC(c2cccc(OCc3ccc([N+](=O)[O-])cc3)c2)c2c(nc(N)c(C#N)c2N)N1. The third kappa shape index (κ3) is 4.19. The lowest BCUT2D eigenvalue weighted by Gasteiger charge is -2.26. The maximum Gasteiger partial charge on any atom is 0.269 e. The number of nitrogen functional groups attached to an aromatic ring is 2. The number of guanidine groups is 1. The van der Waals surface area contributed by atoms with E-state index in [2.05, 4.69) is 20.6 Å². The quantitative estimate of drug-likeness (QED) is 0.192. The predicted octanol–water partition coefficient (Wildman–Crippen LogP) is 2.55. The number of nitro groups is 1. The number of benzene rings is 2. The summed E-state index contributed by atoms with van der Waals surface area (Å²) in [7, 11) is 0. The van der Waals surface area contributed by atoms with Crippen LogP contribution in [0.4, 0.5) is 23.0 Å². The van der Waals surface area contributed by atoms with Gasteiger partial charge >= 0.3 is 0 Å². The smallest absolute Gasteiger partial charge is 0.269 e. The molecule has 6 N–H and O–H groups in total. The van der Waals surface area contributed by atoms with Crippen molar-refractivity contribution in [2.45, 2.75) is 12.6 Å². The summed E-state index contributed by atoms with van der Waals surface area (Å²) < 4.78 is 5.86. The zero-order valence-electron chi connectivity index (χ0n) is 17.5. The second-order valence-electron chi connectivity index (χ2n) is 7.19. The summed E-state index contributed by atoms with van der Waals surface area (Å²) in [6, 6.07) is 14.4. The van der Waals surface area contributed by atoms with Gasteiger partial charge in [-0.15, -0.1) is 0 Å². The molecule has 3 aromatic rings. The molecular formula is C22H17N9O3. The molecule has 0 bridgehead atoms. The second-order valence-corrected chi connectivity index (χ2v) is 7.19. The van der Waals surface area contributed by atoms with Gasteiger partial charge in [0, 0.05) is 17.7 Å². The second kappa shape index (κ2) is 9.02. The van der Waals surface area contributed by atoms with Crippen LogP contribution in [0.1, 0.15) is 28.3 Å². The number of nitro benzene ring substituents is 1. The average molecular weight is 455 g/mol. The number of hydrogen-bond acceptors (Lipinski definition) is 11. The highest BCUT2D eigenvalue weighted by atomic mass is 16.6. The monoisotopic (exact) mass is 455 g/mol. The molecular weight excluding hydrogens is 438 g/mol. The summed E-state index contributed by atoms with van der Waals surface area (Å²) in [6.45, 7) is 0.188. The Bertz CT molecular complexity index is 1390. The van der Waals surface area contributed by atoms with Crippen molar-refractivity contribution in [2.24, 2.45) is 4.99 Å². The van der Waals surface area contributed by atoms with Gasteiger partial charge in [0.2, 0.25) is 5.96 Å². The number of aromatic nitrogens is 1. The molecule has 0 aliphatic carbocycles. The van der Waals surface area contributed by atoms with Gasteiger partial charge in [-0.05, 0) is 35.4 Å². The van der Waals surface area contributed by atoms with Crippen LogP contribution in [-0.4, -0.2) is 15.9 Å². The fraction of sp³-hybridized carbons (Fsp3) is 0.0909. The minimum atomic E-state index is -0.699. The summed E-state index contributed by atoms with van der Waals surface area (Å²) in [4.78, 5) is 19.1. The minimum Gasteiger partial charge on any atom is -0.489 e. The van der Waals surface area contributed by atoms with Gasteiger partial charge in [0.15, 0.2) is 6.19 Å². The van der Waals surface area contributed by atoms with Gasteiger partial charge in [-0.2, -0.15) is 10.5 Å². The first-order valence-corrected chi connectivity index (χ1v) is 9.86. The van der Waals surface area contributed by atoms with E-state index in [-0.39, 0.29) is 41.1 Å². The molecule has 168 valence electrons. The van der Waals surface area contributed by atoms with Crippen molar-refractivity contribution in [2.75, 3.05) is 16.8 Å². The van der Waals surface area contributed by atoms with Crippen molar-refractivity contribution in [3.8, 4) is 18.0 Å². The van der Waals surface area contributed by atoms with Gasteiger partial charge < -0.3 is 21.5 Å². The number of nitrogens with zero attached hydrogens (tertiary/aromatic N) is 5. The van der Waals surface area contributed by atoms with E-state index in [1.807, 2.05) is 6.07 Å². The maximum atomic E-state index is 10.8.